The SMILES string of the molecule is COc1c(N2CCc3sccc3C2C)c(F)cc2c(=O)c(C(=O)O)cn(C3CC3)c12. The van der Waals surface area contributed by atoms with E-state index in [0.717, 1.165) is 19.3 Å². The number of carboxylic acids is 1. The van der Waals surface area contributed by atoms with Crippen molar-refractivity contribution >= 4 is 33.9 Å². The summed E-state index contributed by atoms with van der Waals surface area (Å²) >= 11 is 1.71. The Morgan fingerprint density at radius 3 is 2.80 bits per heavy atom. The maximum Gasteiger partial charge on any atom is 0.341 e. The molecule has 1 atom stereocenters. The molecule has 1 unspecified atom stereocenters. The highest BCUT2D eigenvalue weighted by Crippen LogP contribution is 2.46. The van der Waals surface area contributed by atoms with E-state index in [1.807, 2.05) is 11.8 Å². The van der Waals surface area contributed by atoms with Crippen LogP contribution in [-0.4, -0.2) is 29.3 Å². The summed E-state index contributed by atoms with van der Waals surface area (Å²) in [4.78, 5) is 27.7. The first kappa shape index (κ1) is 19.1. The molecule has 1 aromatic carbocycles. The van der Waals surface area contributed by atoms with Crippen molar-refractivity contribution in [2.75, 3.05) is 18.6 Å². The van der Waals surface area contributed by atoms with E-state index in [1.54, 1.807) is 15.9 Å². The summed E-state index contributed by atoms with van der Waals surface area (Å²) in [5, 5.41) is 11.6. The standard InChI is InChI=1S/C22H21FN2O4S/c1-11-13-6-8-30-17(13)5-7-24(11)19-16(23)9-14-18(21(19)29-2)25(12-3-4-12)10-15(20(14)26)22(27)28/h6,8-12H,3-5,7H2,1-2H3,(H,27,28). The number of aromatic nitrogens is 1. The predicted octanol–water partition coefficient (Wildman–Crippen LogP) is 4.37. The molecule has 5 rings (SSSR count). The van der Waals surface area contributed by atoms with Crippen molar-refractivity contribution in [2.24, 2.45) is 0 Å². The number of hydrogen-bond donors (Lipinski definition) is 1. The van der Waals surface area contributed by atoms with Gasteiger partial charge in [0.25, 0.3) is 0 Å². The summed E-state index contributed by atoms with van der Waals surface area (Å²) in [6.07, 6.45) is 3.95. The topological polar surface area (TPSA) is 71.8 Å². The number of aromatic carboxylic acids is 1. The van der Waals surface area contributed by atoms with Gasteiger partial charge in [-0.25, -0.2) is 9.18 Å². The number of hydrogen-bond acceptors (Lipinski definition) is 5. The highest BCUT2D eigenvalue weighted by molar-refractivity contribution is 7.10. The molecule has 3 heterocycles. The van der Waals surface area contributed by atoms with Gasteiger partial charge in [-0.1, -0.05) is 0 Å². The highest BCUT2D eigenvalue weighted by atomic mass is 32.1. The molecular weight excluding hydrogens is 407 g/mol. The average molecular weight is 428 g/mol. The molecule has 6 nitrogen and oxygen atoms in total. The van der Waals surface area contributed by atoms with Crippen molar-refractivity contribution in [3.63, 3.8) is 0 Å². The van der Waals surface area contributed by atoms with Crippen molar-refractivity contribution in [3.05, 3.63) is 55.8 Å². The Hall–Kier alpha value is -2.87. The molecule has 1 N–H and O–H groups in total. The van der Waals surface area contributed by atoms with Crippen LogP contribution in [0.5, 0.6) is 5.75 Å². The Bertz CT molecular complexity index is 1240. The number of thiophene rings is 1. The molecule has 3 aromatic rings. The summed E-state index contributed by atoms with van der Waals surface area (Å²) < 4.78 is 23.0. The Labute approximate surface area is 176 Å². The van der Waals surface area contributed by atoms with Gasteiger partial charge >= 0.3 is 5.97 Å². The van der Waals surface area contributed by atoms with E-state index in [0.29, 0.717) is 17.7 Å². The first-order valence-corrected chi connectivity index (χ1v) is 10.8. The molecule has 1 aliphatic heterocycles. The average Bonchev–Trinajstić information content (AvgIpc) is 3.44. The van der Waals surface area contributed by atoms with Crippen LogP contribution in [0.25, 0.3) is 10.9 Å². The lowest BCUT2D eigenvalue weighted by Gasteiger charge is -2.37. The first-order chi connectivity index (χ1) is 14.4. The lowest BCUT2D eigenvalue weighted by Crippen LogP contribution is -2.34. The number of pyridine rings is 1. The Balaban J connectivity index is 1.80. The molecule has 8 heteroatoms. The summed E-state index contributed by atoms with van der Waals surface area (Å²) in [6, 6.07) is 3.29. The molecule has 1 saturated carbocycles. The smallest absolute Gasteiger partial charge is 0.341 e. The number of benzene rings is 1. The molecule has 0 bridgehead atoms. The number of halogens is 1. The van der Waals surface area contributed by atoms with Crippen LogP contribution in [0.1, 0.15) is 52.6 Å². The minimum absolute atomic E-state index is 0.0414. The molecular formula is C22H21FN2O4S. The van der Waals surface area contributed by atoms with Crippen LogP contribution in [0.4, 0.5) is 10.1 Å². The molecule has 0 amide bonds. The zero-order valence-corrected chi connectivity index (χ0v) is 17.5. The first-order valence-electron chi connectivity index (χ1n) is 9.94. The van der Waals surface area contributed by atoms with Crippen LogP contribution >= 0.6 is 11.3 Å². The molecule has 1 fully saturated rings. The van der Waals surface area contributed by atoms with E-state index in [-0.39, 0.29) is 28.8 Å². The molecule has 0 radical (unpaired) electrons. The molecule has 2 aromatic heterocycles. The van der Waals surface area contributed by atoms with Gasteiger partial charge in [-0.2, -0.15) is 0 Å². The van der Waals surface area contributed by atoms with E-state index in [2.05, 4.69) is 11.4 Å². The molecule has 2 aliphatic rings. The van der Waals surface area contributed by atoms with Crippen molar-refractivity contribution in [1.82, 2.24) is 4.57 Å². The van der Waals surface area contributed by atoms with Gasteiger partial charge in [0, 0.05) is 23.7 Å². The number of ether oxygens (including phenoxy) is 1. The number of carboxylic acid groups (broad SMARTS) is 1. The van der Waals surface area contributed by atoms with E-state index in [4.69, 9.17) is 4.74 Å². The second-order valence-corrected chi connectivity index (χ2v) is 8.87. The van der Waals surface area contributed by atoms with Gasteiger partial charge in [-0.3, -0.25) is 4.79 Å². The van der Waals surface area contributed by atoms with E-state index < -0.39 is 17.2 Å². The van der Waals surface area contributed by atoms with Gasteiger partial charge in [0.05, 0.1) is 24.1 Å². The van der Waals surface area contributed by atoms with Gasteiger partial charge in [0.1, 0.15) is 11.3 Å². The largest absolute Gasteiger partial charge is 0.492 e. The fourth-order valence-electron chi connectivity index (χ4n) is 4.51. The number of rotatable bonds is 4. The van der Waals surface area contributed by atoms with Crippen molar-refractivity contribution in [3.8, 4) is 5.75 Å². The van der Waals surface area contributed by atoms with Gasteiger partial charge in [-0.05, 0) is 49.3 Å². The number of fused-ring (bicyclic) bond motifs is 2. The summed E-state index contributed by atoms with van der Waals surface area (Å²) in [5.74, 6) is -1.60. The van der Waals surface area contributed by atoms with Crippen molar-refractivity contribution in [1.29, 1.82) is 0 Å². The quantitative estimate of drug-likeness (QED) is 0.668. The normalized spacial score (nSPS) is 18.5. The van der Waals surface area contributed by atoms with Crippen LogP contribution in [0.2, 0.25) is 0 Å². The van der Waals surface area contributed by atoms with Crippen LogP contribution in [0, 0.1) is 5.82 Å². The predicted molar refractivity (Wildman–Crippen MR) is 114 cm³/mol. The van der Waals surface area contributed by atoms with Gasteiger partial charge < -0.3 is 19.3 Å². The van der Waals surface area contributed by atoms with Gasteiger partial charge in [0.15, 0.2) is 11.6 Å². The number of nitrogens with zero attached hydrogens (tertiary/aromatic N) is 2. The molecule has 0 spiro atoms. The number of methoxy groups -OCH3 is 1. The minimum atomic E-state index is -1.31. The monoisotopic (exact) mass is 428 g/mol. The fourth-order valence-corrected chi connectivity index (χ4v) is 5.47. The molecule has 156 valence electrons. The zero-order valence-electron chi connectivity index (χ0n) is 16.6. The van der Waals surface area contributed by atoms with Crippen LogP contribution in [-0.2, 0) is 6.42 Å². The summed E-state index contributed by atoms with van der Waals surface area (Å²) in [6.45, 7) is 2.67. The maximum absolute atomic E-state index is 15.5. The van der Waals surface area contributed by atoms with Crippen LogP contribution < -0.4 is 15.1 Å². The Morgan fingerprint density at radius 1 is 1.37 bits per heavy atom. The Morgan fingerprint density at radius 2 is 2.13 bits per heavy atom. The second-order valence-electron chi connectivity index (χ2n) is 7.87. The fraction of sp³-hybridized carbons (Fsp3) is 0.364. The van der Waals surface area contributed by atoms with Gasteiger partial charge in [-0.15, -0.1) is 11.3 Å². The molecule has 0 saturated heterocycles. The lowest BCUT2D eigenvalue weighted by molar-refractivity contribution is 0.0695. The van der Waals surface area contributed by atoms with E-state index in [9.17, 15) is 14.7 Å². The third kappa shape index (κ3) is 2.74. The van der Waals surface area contributed by atoms with Crippen molar-refractivity contribution < 1.29 is 19.0 Å². The molecule has 30 heavy (non-hydrogen) atoms. The summed E-state index contributed by atoms with van der Waals surface area (Å²) in [7, 11) is 1.47. The second kappa shape index (κ2) is 6.84. The third-order valence-corrected chi connectivity index (χ3v) is 7.13. The summed E-state index contributed by atoms with van der Waals surface area (Å²) in [5.41, 5.74) is 0.928. The van der Waals surface area contributed by atoms with E-state index in [1.165, 1.54) is 29.8 Å². The van der Waals surface area contributed by atoms with Crippen LogP contribution in [0.3, 0.4) is 0 Å². The number of anilines is 1. The van der Waals surface area contributed by atoms with Crippen LogP contribution in [0.15, 0.2) is 28.5 Å². The number of carbonyl (C=O) groups is 1. The highest BCUT2D eigenvalue weighted by Gasteiger charge is 2.34. The lowest BCUT2D eigenvalue weighted by atomic mass is 9.99. The Kier molecular flexibility index (Phi) is 4.36. The van der Waals surface area contributed by atoms with E-state index >= 15 is 4.39 Å². The molecule has 1 aliphatic carbocycles. The maximum atomic E-state index is 15.5. The zero-order chi connectivity index (χ0) is 21.2. The van der Waals surface area contributed by atoms with Gasteiger partial charge in [0.2, 0.25) is 5.43 Å². The minimum Gasteiger partial charge on any atom is -0.492 e. The third-order valence-electron chi connectivity index (χ3n) is 6.14. The van der Waals surface area contributed by atoms with Crippen molar-refractivity contribution in [2.45, 2.75) is 38.3 Å².